The van der Waals surface area contributed by atoms with Gasteiger partial charge in [-0.1, -0.05) is 25.4 Å². The number of aliphatic imine (C=N–C) groups is 1. The van der Waals surface area contributed by atoms with Gasteiger partial charge in [0.1, 0.15) is 11.3 Å². The van der Waals surface area contributed by atoms with Crippen LogP contribution in [0.1, 0.15) is 25.8 Å². The van der Waals surface area contributed by atoms with Crippen LogP contribution in [-0.2, 0) is 5.54 Å². The molecule has 1 saturated heterocycles. The zero-order chi connectivity index (χ0) is 13.7. The van der Waals surface area contributed by atoms with Crippen LogP contribution >= 0.6 is 11.6 Å². The Hall–Kier alpha value is -1.13. The van der Waals surface area contributed by atoms with E-state index in [2.05, 4.69) is 24.2 Å². The van der Waals surface area contributed by atoms with Gasteiger partial charge in [0.15, 0.2) is 12.2 Å². The molecule has 2 aliphatic heterocycles. The molecule has 3 nitrogen and oxygen atoms in total. The topological polar surface area (TPSA) is 33.6 Å². The van der Waals surface area contributed by atoms with Crippen molar-refractivity contribution < 1.29 is 9.13 Å². The second-order valence-electron chi connectivity index (χ2n) is 6.06. The Bertz CT molecular complexity index is 559. The van der Waals surface area contributed by atoms with E-state index in [-0.39, 0.29) is 10.4 Å². The second kappa shape index (κ2) is 4.18. The Balaban J connectivity index is 2.16. The lowest BCUT2D eigenvalue weighted by molar-refractivity contribution is 0.162. The summed E-state index contributed by atoms with van der Waals surface area (Å²) in [5.74, 6) is 0.0897. The van der Waals surface area contributed by atoms with E-state index >= 15 is 0 Å². The average Bonchev–Trinajstić information content (AvgIpc) is 2.32. The molecule has 1 aromatic carbocycles. The maximum Gasteiger partial charge on any atom is 0.177 e. The number of nitrogens with one attached hydrogen (secondary N) is 1. The molecule has 1 unspecified atom stereocenters. The highest BCUT2D eigenvalue weighted by Gasteiger charge is 2.46. The lowest BCUT2D eigenvalue weighted by atomic mass is 9.71. The second-order valence-corrected chi connectivity index (χ2v) is 6.47. The Morgan fingerprint density at radius 1 is 1.37 bits per heavy atom. The molecule has 2 aliphatic rings. The lowest BCUT2D eigenvalue weighted by Crippen LogP contribution is -2.51. The molecule has 19 heavy (non-hydrogen) atoms. The van der Waals surface area contributed by atoms with Crippen LogP contribution in [0, 0.1) is 11.2 Å². The first kappa shape index (κ1) is 12.9. The van der Waals surface area contributed by atoms with Crippen LogP contribution in [0.15, 0.2) is 17.1 Å². The summed E-state index contributed by atoms with van der Waals surface area (Å²) in [6, 6.07) is 3.22. The molecule has 1 aromatic rings. The largest absolute Gasteiger partial charge is 0.446 e. The Labute approximate surface area is 116 Å². The van der Waals surface area contributed by atoms with E-state index < -0.39 is 11.4 Å². The van der Waals surface area contributed by atoms with E-state index in [9.17, 15) is 4.39 Å². The highest BCUT2D eigenvalue weighted by molar-refractivity contribution is 6.30. The smallest absolute Gasteiger partial charge is 0.177 e. The number of hydrogen-bond acceptors (Lipinski definition) is 3. The molecule has 0 bridgehead atoms. The molecule has 5 heteroatoms. The fraction of sp³-hybridized carbons (Fsp3) is 0.500. The van der Waals surface area contributed by atoms with Crippen LogP contribution in [0.25, 0.3) is 0 Å². The summed E-state index contributed by atoms with van der Waals surface area (Å²) in [5, 5.41) is 3.46. The minimum atomic E-state index is -0.621. The third-order valence-corrected chi connectivity index (χ3v) is 4.09. The van der Waals surface area contributed by atoms with Gasteiger partial charge in [0, 0.05) is 13.1 Å². The Morgan fingerprint density at radius 2 is 2.16 bits per heavy atom. The van der Waals surface area contributed by atoms with Crippen LogP contribution in [0.4, 0.5) is 4.39 Å². The van der Waals surface area contributed by atoms with E-state index in [1.165, 1.54) is 12.5 Å². The monoisotopic (exact) mass is 282 g/mol. The predicted molar refractivity (Wildman–Crippen MR) is 73.5 cm³/mol. The number of fused-ring (bicyclic) bond motifs is 2. The SMILES string of the molecule is CC1(C)CNCC2(C1)N=COc1ccc(Cl)c(F)c12. The lowest BCUT2D eigenvalue weighted by Gasteiger charge is -2.44. The minimum absolute atomic E-state index is 0.0406. The van der Waals surface area contributed by atoms with Crippen molar-refractivity contribution in [3.8, 4) is 5.75 Å². The molecular weight excluding hydrogens is 267 g/mol. The molecule has 0 aliphatic carbocycles. The van der Waals surface area contributed by atoms with Crippen LogP contribution in [0.3, 0.4) is 0 Å². The summed E-state index contributed by atoms with van der Waals surface area (Å²) < 4.78 is 19.8. The van der Waals surface area contributed by atoms with Gasteiger partial charge in [-0.15, -0.1) is 0 Å². The van der Waals surface area contributed by atoms with Crippen molar-refractivity contribution in [1.29, 1.82) is 0 Å². The molecule has 3 rings (SSSR count). The highest BCUT2D eigenvalue weighted by atomic mass is 35.5. The molecule has 0 aromatic heterocycles. The van der Waals surface area contributed by atoms with Crippen molar-refractivity contribution >= 4 is 18.0 Å². The van der Waals surface area contributed by atoms with Crippen molar-refractivity contribution in [2.75, 3.05) is 13.1 Å². The first-order chi connectivity index (χ1) is 8.94. The number of rotatable bonds is 0. The standard InChI is InChI=1S/C14H16ClFN2O/c1-13(2)5-14(7-17-6-13)11-10(19-8-18-14)4-3-9(15)12(11)16/h3-4,8,17H,5-7H2,1-2H3. The Kier molecular flexibility index (Phi) is 2.84. The van der Waals surface area contributed by atoms with Gasteiger partial charge in [0.05, 0.1) is 10.6 Å². The van der Waals surface area contributed by atoms with Crippen molar-refractivity contribution in [1.82, 2.24) is 5.32 Å². The number of nitrogens with zero attached hydrogens (tertiary/aromatic N) is 1. The van der Waals surface area contributed by atoms with Gasteiger partial charge in [0.2, 0.25) is 0 Å². The zero-order valence-electron chi connectivity index (χ0n) is 11.0. The van der Waals surface area contributed by atoms with E-state index in [1.54, 1.807) is 6.07 Å². The zero-order valence-corrected chi connectivity index (χ0v) is 11.7. The maximum absolute atomic E-state index is 14.5. The quantitative estimate of drug-likeness (QED) is 0.793. The van der Waals surface area contributed by atoms with E-state index in [1.807, 2.05) is 0 Å². The van der Waals surface area contributed by atoms with Gasteiger partial charge in [-0.2, -0.15) is 0 Å². The molecule has 0 amide bonds. The summed E-state index contributed by atoms with van der Waals surface area (Å²) in [7, 11) is 0. The number of halogens is 2. The highest BCUT2D eigenvalue weighted by Crippen LogP contribution is 2.47. The summed E-state index contributed by atoms with van der Waals surface area (Å²) in [6.07, 6.45) is 2.18. The minimum Gasteiger partial charge on any atom is -0.446 e. The van der Waals surface area contributed by atoms with Crippen LogP contribution in [0.2, 0.25) is 5.02 Å². The van der Waals surface area contributed by atoms with E-state index in [0.717, 1.165) is 13.0 Å². The number of hydrogen-bond donors (Lipinski definition) is 1. The normalized spacial score (nSPS) is 28.0. The number of piperidine rings is 1. The molecule has 1 N–H and O–H groups in total. The van der Waals surface area contributed by atoms with Crippen LogP contribution in [0.5, 0.6) is 5.75 Å². The molecule has 0 saturated carbocycles. The van der Waals surface area contributed by atoms with Gasteiger partial charge < -0.3 is 10.1 Å². The molecule has 102 valence electrons. The summed E-state index contributed by atoms with van der Waals surface area (Å²) >= 11 is 5.92. The summed E-state index contributed by atoms with van der Waals surface area (Å²) in [6.45, 7) is 5.78. The molecule has 1 spiro atoms. The fourth-order valence-corrected chi connectivity index (χ4v) is 3.26. The van der Waals surface area contributed by atoms with Gasteiger partial charge in [-0.3, -0.25) is 0 Å². The summed E-state index contributed by atoms with van der Waals surface area (Å²) in [5.41, 5.74) is -0.105. The third-order valence-electron chi connectivity index (χ3n) is 3.79. The average molecular weight is 283 g/mol. The van der Waals surface area contributed by atoms with Crippen molar-refractivity contribution in [3.05, 3.63) is 28.5 Å². The van der Waals surface area contributed by atoms with E-state index in [0.29, 0.717) is 17.9 Å². The molecule has 1 fully saturated rings. The van der Waals surface area contributed by atoms with Crippen molar-refractivity contribution in [3.63, 3.8) is 0 Å². The van der Waals surface area contributed by atoms with E-state index in [4.69, 9.17) is 16.3 Å². The van der Waals surface area contributed by atoms with Crippen LogP contribution < -0.4 is 10.1 Å². The Morgan fingerprint density at radius 3 is 2.89 bits per heavy atom. The first-order valence-corrected chi connectivity index (χ1v) is 6.71. The molecular formula is C14H16ClFN2O. The van der Waals surface area contributed by atoms with Gasteiger partial charge in [0.25, 0.3) is 0 Å². The summed E-state index contributed by atoms with van der Waals surface area (Å²) in [4.78, 5) is 4.45. The van der Waals surface area contributed by atoms with Crippen LogP contribution in [-0.4, -0.2) is 19.5 Å². The van der Waals surface area contributed by atoms with Gasteiger partial charge in [-0.05, 0) is 24.0 Å². The molecule has 0 radical (unpaired) electrons. The maximum atomic E-state index is 14.5. The van der Waals surface area contributed by atoms with Gasteiger partial charge in [-0.25, -0.2) is 9.38 Å². The third kappa shape index (κ3) is 2.03. The van der Waals surface area contributed by atoms with Crippen molar-refractivity contribution in [2.24, 2.45) is 10.4 Å². The molecule has 2 heterocycles. The van der Waals surface area contributed by atoms with Crippen molar-refractivity contribution in [2.45, 2.75) is 25.8 Å². The first-order valence-electron chi connectivity index (χ1n) is 6.33. The molecule has 1 atom stereocenters. The van der Waals surface area contributed by atoms with Gasteiger partial charge >= 0.3 is 0 Å². The predicted octanol–water partition coefficient (Wildman–Crippen LogP) is 3.11. The number of ether oxygens (including phenoxy) is 1. The fourth-order valence-electron chi connectivity index (χ4n) is 3.11. The number of benzene rings is 1.